The summed E-state index contributed by atoms with van der Waals surface area (Å²) in [5.74, 6) is 1.22. The van der Waals surface area contributed by atoms with Gasteiger partial charge in [0, 0.05) is 21.8 Å². The zero-order chi connectivity index (χ0) is 11.1. The molecule has 4 nitrogen and oxygen atoms in total. The van der Waals surface area contributed by atoms with Gasteiger partial charge in [-0.15, -0.1) is 0 Å². The van der Waals surface area contributed by atoms with E-state index in [2.05, 4.69) is 20.9 Å². The number of oxazole rings is 1. The summed E-state index contributed by atoms with van der Waals surface area (Å²) >= 11 is 3.15. The molecule has 0 saturated carbocycles. The van der Waals surface area contributed by atoms with Crippen LogP contribution in [0.4, 0.5) is 0 Å². The second-order valence-corrected chi connectivity index (χ2v) is 6.77. The highest BCUT2D eigenvalue weighted by Crippen LogP contribution is 2.31. The van der Waals surface area contributed by atoms with E-state index in [0.717, 1.165) is 18.5 Å². The van der Waals surface area contributed by atoms with Crippen LogP contribution in [0.1, 0.15) is 30.2 Å². The third-order valence-corrected chi connectivity index (χ3v) is 4.82. The maximum absolute atomic E-state index is 11.5. The number of nitrogens with zero attached hydrogens (tertiary/aromatic N) is 1. The normalized spacial score (nSPS) is 25.3. The summed E-state index contributed by atoms with van der Waals surface area (Å²) in [6, 6.07) is 0. The molecule has 1 aromatic rings. The van der Waals surface area contributed by atoms with E-state index in [0.29, 0.717) is 16.3 Å². The molecule has 0 spiro atoms. The monoisotopic (exact) mass is 293 g/mol. The number of hydrogen-bond donors (Lipinski definition) is 0. The molecule has 2 rings (SSSR count). The average Bonchev–Trinajstić information content (AvgIpc) is 2.43. The van der Waals surface area contributed by atoms with Gasteiger partial charge in [0.25, 0.3) is 4.80 Å². The van der Waals surface area contributed by atoms with E-state index in [1.165, 1.54) is 0 Å². The molecule has 2 heterocycles. The summed E-state index contributed by atoms with van der Waals surface area (Å²) in [6.45, 7) is 1.81. The number of halogens is 1. The third kappa shape index (κ3) is 2.42. The van der Waals surface area contributed by atoms with Crippen molar-refractivity contribution in [3.05, 3.63) is 16.3 Å². The zero-order valence-electron chi connectivity index (χ0n) is 8.36. The van der Waals surface area contributed by atoms with Crippen molar-refractivity contribution in [3.63, 3.8) is 0 Å². The Balaban J connectivity index is 2.28. The first-order chi connectivity index (χ1) is 6.98. The maximum Gasteiger partial charge on any atom is 0.264 e. The molecule has 1 saturated heterocycles. The van der Waals surface area contributed by atoms with Crippen molar-refractivity contribution in [1.82, 2.24) is 4.98 Å². The van der Waals surface area contributed by atoms with Gasteiger partial charge in [0.2, 0.25) is 0 Å². The molecule has 0 aliphatic carbocycles. The minimum atomic E-state index is -2.88. The summed E-state index contributed by atoms with van der Waals surface area (Å²) in [5.41, 5.74) is 0.783. The van der Waals surface area contributed by atoms with Crippen LogP contribution in [0.2, 0.25) is 0 Å². The Morgan fingerprint density at radius 3 is 2.80 bits per heavy atom. The van der Waals surface area contributed by atoms with Gasteiger partial charge < -0.3 is 4.42 Å². The highest BCUT2D eigenvalue weighted by molar-refractivity contribution is 9.10. The van der Waals surface area contributed by atoms with Crippen molar-refractivity contribution in [2.24, 2.45) is 0 Å². The fraction of sp³-hybridized carbons (Fsp3) is 0.667. The molecule has 1 aliphatic rings. The van der Waals surface area contributed by atoms with Gasteiger partial charge in [-0.25, -0.2) is 13.4 Å². The van der Waals surface area contributed by atoms with Crippen LogP contribution < -0.4 is 0 Å². The molecule has 1 aliphatic heterocycles. The lowest BCUT2D eigenvalue weighted by molar-refractivity contribution is 0.494. The zero-order valence-corrected chi connectivity index (χ0v) is 10.8. The molecular weight excluding hydrogens is 282 g/mol. The summed E-state index contributed by atoms with van der Waals surface area (Å²) in [5, 5.41) is 0. The molecule has 6 heteroatoms. The topological polar surface area (TPSA) is 60.2 Å². The lowest BCUT2D eigenvalue weighted by Gasteiger charge is -2.20. The predicted molar refractivity (Wildman–Crippen MR) is 59.6 cm³/mol. The van der Waals surface area contributed by atoms with Crippen LogP contribution in [0.15, 0.2) is 9.22 Å². The fourth-order valence-electron chi connectivity index (χ4n) is 1.99. The quantitative estimate of drug-likeness (QED) is 0.795. The maximum atomic E-state index is 11.5. The molecule has 1 aromatic heterocycles. The van der Waals surface area contributed by atoms with E-state index in [-0.39, 0.29) is 11.7 Å². The van der Waals surface area contributed by atoms with Crippen LogP contribution in [0.3, 0.4) is 0 Å². The lowest BCUT2D eigenvalue weighted by Crippen LogP contribution is -2.24. The van der Waals surface area contributed by atoms with Crippen molar-refractivity contribution in [1.29, 1.82) is 0 Å². The van der Waals surface area contributed by atoms with Crippen LogP contribution >= 0.6 is 15.9 Å². The van der Waals surface area contributed by atoms with Gasteiger partial charge in [-0.3, -0.25) is 0 Å². The highest BCUT2D eigenvalue weighted by Gasteiger charge is 2.29. The Morgan fingerprint density at radius 2 is 2.27 bits per heavy atom. The van der Waals surface area contributed by atoms with E-state index in [9.17, 15) is 8.42 Å². The highest BCUT2D eigenvalue weighted by atomic mass is 79.9. The summed E-state index contributed by atoms with van der Waals surface area (Å²) in [7, 11) is -2.88. The molecule has 0 radical (unpaired) electrons. The van der Waals surface area contributed by atoms with E-state index in [4.69, 9.17) is 4.42 Å². The van der Waals surface area contributed by atoms with Crippen LogP contribution in [0, 0.1) is 6.92 Å². The van der Waals surface area contributed by atoms with Gasteiger partial charge in [-0.2, -0.15) is 0 Å². The van der Waals surface area contributed by atoms with Gasteiger partial charge in [-0.05, 0) is 19.8 Å². The molecule has 0 N–H and O–H groups in total. The van der Waals surface area contributed by atoms with Gasteiger partial charge in [0.1, 0.15) is 5.76 Å². The molecule has 0 amide bonds. The molecule has 1 atom stereocenters. The standard InChI is InChI=1S/C9H12BrNO3S/c1-6-8(11-9(10)14-6)7-3-2-4-15(12,13)5-7/h7H,2-5H2,1H3. The second kappa shape index (κ2) is 3.90. The van der Waals surface area contributed by atoms with Gasteiger partial charge in [0.05, 0.1) is 17.2 Å². The number of aryl methyl sites for hydroxylation is 1. The number of rotatable bonds is 1. The van der Waals surface area contributed by atoms with Crippen LogP contribution in [0.5, 0.6) is 0 Å². The molecule has 0 bridgehead atoms. The minimum Gasteiger partial charge on any atom is -0.436 e. The Labute approximate surface area is 97.1 Å². The third-order valence-electron chi connectivity index (χ3n) is 2.66. The van der Waals surface area contributed by atoms with Crippen LogP contribution in [0.25, 0.3) is 0 Å². The molecule has 1 unspecified atom stereocenters. The number of sulfone groups is 1. The average molecular weight is 294 g/mol. The first-order valence-corrected chi connectivity index (χ1v) is 7.42. The van der Waals surface area contributed by atoms with Gasteiger partial charge in [0.15, 0.2) is 9.84 Å². The Morgan fingerprint density at radius 1 is 1.53 bits per heavy atom. The molecule has 84 valence electrons. The summed E-state index contributed by atoms with van der Waals surface area (Å²) in [6.07, 6.45) is 1.59. The summed E-state index contributed by atoms with van der Waals surface area (Å²) < 4.78 is 28.2. The number of hydrogen-bond acceptors (Lipinski definition) is 4. The van der Waals surface area contributed by atoms with Crippen LogP contribution in [-0.2, 0) is 9.84 Å². The first kappa shape index (κ1) is 11.1. The minimum absolute atomic E-state index is 0.00111. The second-order valence-electron chi connectivity index (χ2n) is 3.86. The van der Waals surface area contributed by atoms with E-state index in [1.54, 1.807) is 0 Å². The Bertz CT molecular complexity index is 466. The van der Waals surface area contributed by atoms with Crippen molar-refractivity contribution < 1.29 is 12.8 Å². The van der Waals surface area contributed by atoms with E-state index in [1.807, 2.05) is 6.92 Å². The van der Waals surface area contributed by atoms with E-state index >= 15 is 0 Å². The van der Waals surface area contributed by atoms with E-state index < -0.39 is 9.84 Å². The fourth-order valence-corrected chi connectivity index (χ4v) is 4.14. The first-order valence-electron chi connectivity index (χ1n) is 4.81. The summed E-state index contributed by atoms with van der Waals surface area (Å²) in [4.78, 5) is 4.61. The lowest BCUT2D eigenvalue weighted by atomic mass is 10.0. The molecular formula is C9H12BrNO3S. The van der Waals surface area contributed by atoms with Crippen molar-refractivity contribution in [2.75, 3.05) is 11.5 Å². The van der Waals surface area contributed by atoms with Crippen molar-refractivity contribution >= 4 is 25.8 Å². The Kier molecular flexibility index (Phi) is 2.89. The van der Waals surface area contributed by atoms with Crippen molar-refractivity contribution in [2.45, 2.75) is 25.7 Å². The largest absolute Gasteiger partial charge is 0.436 e. The van der Waals surface area contributed by atoms with Crippen molar-refractivity contribution in [3.8, 4) is 0 Å². The number of aromatic nitrogens is 1. The molecule has 0 aromatic carbocycles. The molecule has 1 fully saturated rings. The smallest absolute Gasteiger partial charge is 0.264 e. The molecule has 15 heavy (non-hydrogen) atoms. The van der Waals surface area contributed by atoms with Crippen LogP contribution in [-0.4, -0.2) is 24.9 Å². The van der Waals surface area contributed by atoms with Gasteiger partial charge >= 0.3 is 0 Å². The van der Waals surface area contributed by atoms with Gasteiger partial charge in [-0.1, -0.05) is 0 Å². The SMILES string of the molecule is Cc1oc(Br)nc1C1CCCS(=O)(=O)C1. The predicted octanol–water partition coefficient (Wildman–Crippen LogP) is 2.04. The Hall–Kier alpha value is -0.360.